The topological polar surface area (TPSA) is 94.5 Å². The standard InChI is InChI=1S/ClH.Ir.3H2O/h1H;;3*1H2/q;+3;;;/p-1. The first-order valence-corrected chi connectivity index (χ1v) is 0. The fourth-order valence-corrected chi connectivity index (χ4v) is 0. The summed E-state index contributed by atoms with van der Waals surface area (Å²) in [6.07, 6.45) is 0. The van der Waals surface area contributed by atoms with Crippen LogP contribution in [0.5, 0.6) is 0 Å². The Bertz CT molecular complexity index is 6.85. The molecule has 0 atom stereocenters. The Hall–Kier alpha value is 0.819. The summed E-state index contributed by atoms with van der Waals surface area (Å²) >= 11 is 0. The summed E-state index contributed by atoms with van der Waals surface area (Å²) in [4.78, 5) is 0. The van der Waals surface area contributed by atoms with E-state index in [1.165, 1.54) is 0 Å². The van der Waals surface area contributed by atoms with E-state index in [1.807, 2.05) is 0 Å². The Morgan fingerprint density at radius 1 is 0.600 bits per heavy atom. The van der Waals surface area contributed by atoms with Crippen molar-refractivity contribution in [2.75, 3.05) is 0 Å². The van der Waals surface area contributed by atoms with Crippen LogP contribution in [0.3, 0.4) is 0 Å². The maximum Gasteiger partial charge on any atom is 3.00 e. The number of hydrogen-bond acceptors (Lipinski definition) is 0. The van der Waals surface area contributed by atoms with Crippen molar-refractivity contribution in [3.8, 4) is 0 Å². The molecule has 0 amide bonds. The monoisotopic (exact) mass is 282 g/mol. The molecule has 0 fully saturated rings. The van der Waals surface area contributed by atoms with Gasteiger partial charge in [-0.3, -0.25) is 0 Å². The number of hydrogen-bond donors (Lipinski definition) is 0. The summed E-state index contributed by atoms with van der Waals surface area (Å²) in [5.41, 5.74) is 0. The van der Waals surface area contributed by atoms with E-state index in [9.17, 15) is 0 Å². The third-order valence-corrected chi connectivity index (χ3v) is 0. The van der Waals surface area contributed by atoms with Crippen LogP contribution in [-0.2, 0) is 20.1 Å². The van der Waals surface area contributed by atoms with Gasteiger partial charge in [0.15, 0.2) is 0 Å². The van der Waals surface area contributed by atoms with Gasteiger partial charge in [0, 0.05) is 0 Å². The Balaban J connectivity index is 0. The van der Waals surface area contributed by atoms with E-state index in [0.717, 1.165) is 0 Å². The van der Waals surface area contributed by atoms with E-state index in [0.29, 0.717) is 0 Å². The normalized spacial score (nSPS) is 0. The summed E-state index contributed by atoms with van der Waals surface area (Å²) in [5, 5.41) is 0. The fourth-order valence-electron chi connectivity index (χ4n) is 0. The molecule has 38 valence electrons. The molecule has 0 aromatic rings. The fraction of sp³-hybridized carbons (Fsp3) is 0. The molecule has 0 heterocycles. The second kappa shape index (κ2) is 105. The van der Waals surface area contributed by atoms with Crippen molar-refractivity contribution in [3.05, 3.63) is 0 Å². The van der Waals surface area contributed by atoms with E-state index >= 15 is 0 Å². The van der Waals surface area contributed by atoms with Gasteiger partial charge in [-0.2, -0.15) is 0 Å². The smallest absolute Gasteiger partial charge is 1.00 e. The van der Waals surface area contributed by atoms with Crippen molar-refractivity contribution in [1.82, 2.24) is 0 Å². The van der Waals surface area contributed by atoms with E-state index in [-0.39, 0.29) is 48.9 Å². The first kappa shape index (κ1) is 201. The second-order valence-corrected chi connectivity index (χ2v) is 0. The zero-order valence-electron chi connectivity index (χ0n) is 2.21. The molecule has 0 rings (SSSR count). The van der Waals surface area contributed by atoms with Crippen molar-refractivity contribution < 1.29 is 48.9 Å². The second-order valence-electron chi connectivity index (χ2n) is 0. The van der Waals surface area contributed by atoms with Gasteiger partial charge in [0.1, 0.15) is 0 Å². The van der Waals surface area contributed by atoms with Crippen LogP contribution in [0.25, 0.3) is 0 Å². The van der Waals surface area contributed by atoms with Crippen LogP contribution in [0, 0.1) is 0 Å². The van der Waals surface area contributed by atoms with Gasteiger partial charge in [0.25, 0.3) is 0 Å². The molecule has 0 bridgehead atoms. The minimum atomic E-state index is 0. The van der Waals surface area contributed by atoms with Crippen LogP contribution in [0.2, 0.25) is 0 Å². The molecule has 6 N–H and O–H groups in total. The minimum absolute atomic E-state index is 0. The molecule has 0 aliphatic heterocycles. The van der Waals surface area contributed by atoms with Gasteiger partial charge in [0.2, 0.25) is 0 Å². The number of halogens is 1. The molecule has 0 aliphatic rings. The molecule has 0 aliphatic carbocycles. The van der Waals surface area contributed by atoms with Gasteiger partial charge in [-0.05, 0) is 0 Å². The van der Waals surface area contributed by atoms with Crippen LogP contribution >= 0.6 is 0 Å². The number of rotatable bonds is 0. The average Bonchev–Trinajstić information content (AvgIpc) is 0. The summed E-state index contributed by atoms with van der Waals surface area (Å²) < 4.78 is 0. The van der Waals surface area contributed by atoms with E-state index < -0.39 is 0 Å². The summed E-state index contributed by atoms with van der Waals surface area (Å²) in [6, 6.07) is 0. The van der Waals surface area contributed by atoms with Gasteiger partial charge >= 0.3 is 20.1 Å². The Morgan fingerprint density at radius 2 is 0.600 bits per heavy atom. The molecule has 0 unspecified atom stereocenters. The molecule has 5 heteroatoms. The molecule has 0 aromatic carbocycles. The minimum Gasteiger partial charge on any atom is -1.00 e. The van der Waals surface area contributed by atoms with Crippen molar-refractivity contribution in [2.24, 2.45) is 0 Å². The zero-order chi connectivity index (χ0) is 0. The molecule has 3 nitrogen and oxygen atoms in total. The van der Waals surface area contributed by atoms with Crippen molar-refractivity contribution >= 4 is 0 Å². The predicted molar refractivity (Wildman–Crippen MR) is 10.8 cm³/mol. The summed E-state index contributed by atoms with van der Waals surface area (Å²) in [5.74, 6) is 0. The molecule has 0 aromatic heterocycles. The van der Waals surface area contributed by atoms with E-state index in [1.54, 1.807) is 0 Å². The van der Waals surface area contributed by atoms with Gasteiger partial charge in [-0.15, -0.1) is 0 Å². The van der Waals surface area contributed by atoms with Crippen molar-refractivity contribution in [2.45, 2.75) is 0 Å². The van der Waals surface area contributed by atoms with E-state index in [2.05, 4.69) is 0 Å². The van der Waals surface area contributed by atoms with Gasteiger partial charge in [-0.1, -0.05) is 0 Å². The van der Waals surface area contributed by atoms with E-state index in [4.69, 9.17) is 0 Å². The third-order valence-electron chi connectivity index (χ3n) is 0. The van der Waals surface area contributed by atoms with Gasteiger partial charge in [-0.25, -0.2) is 0 Å². The molecular weight excluding hydrogens is 276 g/mol. The van der Waals surface area contributed by atoms with Gasteiger partial charge in [0.05, 0.1) is 0 Å². The maximum atomic E-state index is 0. The molecule has 0 radical (unpaired) electrons. The maximum absolute atomic E-state index is 0. The summed E-state index contributed by atoms with van der Waals surface area (Å²) in [7, 11) is 0. The van der Waals surface area contributed by atoms with Crippen LogP contribution < -0.4 is 12.4 Å². The largest absolute Gasteiger partial charge is 3.00 e. The first-order valence-electron chi connectivity index (χ1n) is 0. The van der Waals surface area contributed by atoms with Gasteiger partial charge < -0.3 is 28.8 Å². The van der Waals surface area contributed by atoms with Crippen molar-refractivity contribution in [1.29, 1.82) is 0 Å². The molecule has 0 saturated carbocycles. The molecule has 0 spiro atoms. The SMILES string of the molecule is O.O.O.[Cl-].[Ir+3]. The Kier molecular flexibility index (Phi) is 4220. The predicted octanol–water partition coefficient (Wildman–Crippen LogP) is -5.47. The Morgan fingerprint density at radius 3 is 0.600 bits per heavy atom. The van der Waals surface area contributed by atoms with Crippen LogP contribution in [0.4, 0.5) is 0 Å². The Labute approximate surface area is 49.4 Å². The molecule has 0 saturated heterocycles. The third kappa shape index (κ3) is 57.1. The van der Waals surface area contributed by atoms with Crippen molar-refractivity contribution in [3.63, 3.8) is 0 Å². The van der Waals surface area contributed by atoms with Crippen LogP contribution in [0.15, 0.2) is 0 Å². The molecule has 5 heavy (non-hydrogen) atoms. The molecular formula is H6ClIrO3+2. The van der Waals surface area contributed by atoms with Crippen LogP contribution in [0.1, 0.15) is 0 Å². The zero-order valence-corrected chi connectivity index (χ0v) is 5.36. The average molecular weight is 282 g/mol. The first-order chi connectivity index (χ1) is 0. The summed E-state index contributed by atoms with van der Waals surface area (Å²) in [6.45, 7) is 0. The quantitative estimate of drug-likeness (QED) is 0.424. The van der Waals surface area contributed by atoms with Crippen LogP contribution in [-0.4, -0.2) is 16.4 Å².